The van der Waals surface area contributed by atoms with Crippen molar-refractivity contribution < 1.29 is 5.11 Å². The fourth-order valence-electron chi connectivity index (χ4n) is 4.27. The summed E-state index contributed by atoms with van der Waals surface area (Å²) < 4.78 is 5.05. The molecule has 0 spiro atoms. The summed E-state index contributed by atoms with van der Waals surface area (Å²) in [6, 6.07) is 11.4. The summed E-state index contributed by atoms with van der Waals surface area (Å²) in [6.45, 7) is 1.68. The molecule has 0 saturated carbocycles. The number of nitrogens with one attached hydrogen (secondary N) is 1. The summed E-state index contributed by atoms with van der Waals surface area (Å²) in [5, 5.41) is 19.1. The van der Waals surface area contributed by atoms with E-state index >= 15 is 0 Å². The Balaban J connectivity index is 1.57. The highest BCUT2D eigenvalue weighted by atomic mass is 35.5. The summed E-state index contributed by atoms with van der Waals surface area (Å²) in [7, 11) is 1.89. The van der Waals surface area contributed by atoms with E-state index in [1.54, 1.807) is 21.5 Å². The second-order valence-electron chi connectivity index (χ2n) is 8.08. The average molecular weight is 439 g/mol. The van der Waals surface area contributed by atoms with Crippen LogP contribution in [0.4, 0.5) is 0 Å². The van der Waals surface area contributed by atoms with Crippen molar-refractivity contribution in [2.45, 2.75) is 25.0 Å². The molecule has 9 heteroatoms. The van der Waals surface area contributed by atoms with E-state index in [1.165, 1.54) is 10.9 Å². The molecule has 1 aliphatic rings. The fourth-order valence-corrected chi connectivity index (χ4v) is 4.56. The molecule has 8 nitrogen and oxygen atoms in total. The second-order valence-corrected chi connectivity index (χ2v) is 8.47. The smallest absolute Gasteiger partial charge is 0.262 e. The van der Waals surface area contributed by atoms with Crippen molar-refractivity contribution in [3.63, 3.8) is 0 Å². The minimum absolute atomic E-state index is 0.208. The van der Waals surface area contributed by atoms with Crippen molar-refractivity contribution in [1.29, 1.82) is 0 Å². The lowest BCUT2D eigenvalue weighted by molar-refractivity contribution is -0.00627. The predicted molar refractivity (Wildman–Crippen MR) is 120 cm³/mol. The second kappa shape index (κ2) is 7.64. The summed E-state index contributed by atoms with van der Waals surface area (Å²) in [4.78, 5) is 17.7. The van der Waals surface area contributed by atoms with E-state index in [0.29, 0.717) is 29.0 Å². The van der Waals surface area contributed by atoms with Crippen molar-refractivity contribution in [3.8, 4) is 16.9 Å². The molecule has 0 amide bonds. The van der Waals surface area contributed by atoms with Gasteiger partial charge in [0.25, 0.3) is 5.56 Å². The zero-order chi connectivity index (χ0) is 21.6. The van der Waals surface area contributed by atoms with Gasteiger partial charge >= 0.3 is 0 Å². The first-order valence-electron chi connectivity index (χ1n) is 10.2. The lowest BCUT2D eigenvalue weighted by atomic mass is 9.92. The highest BCUT2D eigenvalue weighted by molar-refractivity contribution is 6.31. The van der Waals surface area contributed by atoms with Gasteiger partial charge in [0.2, 0.25) is 0 Å². The van der Waals surface area contributed by atoms with Gasteiger partial charge in [-0.15, -0.1) is 0 Å². The zero-order valence-corrected chi connectivity index (χ0v) is 17.9. The van der Waals surface area contributed by atoms with Crippen LogP contribution in [0.25, 0.3) is 28.0 Å². The number of rotatable bonds is 4. The lowest BCUT2D eigenvalue weighted by Gasteiger charge is -2.32. The molecule has 1 aliphatic heterocycles. The average Bonchev–Trinajstić information content (AvgIpc) is 3.33. The normalized spacial score (nSPS) is 16.1. The first kappa shape index (κ1) is 20.0. The number of hydrogen-bond acceptors (Lipinski definition) is 5. The molecule has 0 atom stereocenters. The predicted octanol–water partition coefficient (Wildman–Crippen LogP) is 2.36. The number of aryl methyl sites for hydroxylation is 1. The Bertz CT molecular complexity index is 1320. The maximum atomic E-state index is 13.2. The van der Waals surface area contributed by atoms with Gasteiger partial charge in [-0.25, -0.2) is 4.98 Å². The lowest BCUT2D eigenvalue weighted by Crippen LogP contribution is -2.46. The van der Waals surface area contributed by atoms with Crippen molar-refractivity contribution in [2.75, 3.05) is 13.1 Å². The monoisotopic (exact) mass is 438 g/mol. The van der Waals surface area contributed by atoms with Crippen LogP contribution in [0.15, 0.2) is 53.7 Å². The molecule has 1 fully saturated rings. The van der Waals surface area contributed by atoms with Gasteiger partial charge in [-0.1, -0.05) is 23.7 Å². The summed E-state index contributed by atoms with van der Waals surface area (Å²) in [5.41, 5.74) is 2.14. The largest absolute Gasteiger partial charge is 0.388 e. The molecule has 4 heterocycles. The topological polar surface area (TPSA) is 89.9 Å². The molecular weight excluding hydrogens is 416 g/mol. The van der Waals surface area contributed by atoms with Crippen LogP contribution in [0.1, 0.15) is 12.8 Å². The number of nitrogens with zero attached hydrogens (tertiary/aromatic N) is 5. The van der Waals surface area contributed by atoms with Crippen LogP contribution in [0.5, 0.6) is 0 Å². The number of halogens is 1. The Morgan fingerprint density at radius 3 is 2.77 bits per heavy atom. The quantitative estimate of drug-likeness (QED) is 0.510. The molecule has 31 heavy (non-hydrogen) atoms. The van der Waals surface area contributed by atoms with Gasteiger partial charge in [0, 0.05) is 24.5 Å². The Labute approximate surface area is 183 Å². The molecule has 5 rings (SSSR count). The third-order valence-corrected chi connectivity index (χ3v) is 6.24. The van der Waals surface area contributed by atoms with Crippen LogP contribution in [-0.2, 0) is 13.6 Å². The molecule has 0 aliphatic carbocycles. The number of piperidine rings is 1. The summed E-state index contributed by atoms with van der Waals surface area (Å²) in [6.07, 6.45) is 4.45. The number of hydrogen-bond donors (Lipinski definition) is 2. The van der Waals surface area contributed by atoms with E-state index in [1.807, 2.05) is 37.4 Å². The van der Waals surface area contributed by atoms with Gasteiger partial charge in [-0.2, -0.15) is 5.10 Å². The molecule has 160 valence electrons. The van der Waals surface area contributed by atoms with Crippen LogP contribution in [0, 0.1) is 0 Å². The van der Waals surface area contributed by atoms with Gasteiger partial charge in [0.05, 0.1) is 23.2 Å². The minimum atomic E-state index is -0.909. The van der Waals surface area contributed by atoms with E-state index in [0.717, 1.165) is 30.0 Å². The van der Waals surface area contributed by atoms with E-state index in [-0.39, 0.29) is 12.1 Å². The number of fused-ring (bicyclic) bond motifs is 1. The molecule has 1 aromatic carbocycles. The van der Waals surface area contributed by atoms with Crippen LogP contribution in [0.3, 0.4) is 0 Å². The van der Waals surface area contributed by atoms with E-state index in [9.17, 15) is 9.90 Å². The molecule has 1 saturated heterocycles. The van der Waals surface area contributed by atoms with E-state index in [4.69, 9.17) is 11.6 Å². The van der Waals surface area contributed by atoms with Crippen LogP contribution < -0.4 is 10.9 Å². The third kappa shape index (κ3) is 3.56. The van der Waals surface area contributed by atoms with Gasteiger partial charge < -0.3 is 10.4 Å². The highest BCUT2D eigenvalue weighted by Crippen LogP contribution is 2.28. The fraction of sp³-hybridized carbons (Fsp3) is 0.318. The van der Waals surface area contributed by atoms with Crippen LogP contribution >= 0.6 is 11.6 Å². The van der Waals surface area contributed by atoms with Crippen molar-refractivity contribution in [3.05, 3.63) is 64.4 Å². The van der Waals surface area contributed by atoms with Crippen molar-refractivity contribution >= 4 is 22.6 Å². The number of aromatic nitrogens is 5. The van der Waals surface area contributed by atoms with E-state index < -0.39 is 5.60 Å². The molecule has 0 unspecified atom stereocenters. The van der Waals surface area contributed by atoms with Crippen LogP contribution in [-0.4, -0.2) is 47.7 Å². The van der Waals surface area contributed by atoms with Gasteiger partial charge in [-0.05, 0) is 50.2 Å². The first-order chi connectivity index (χ1) is 15.0. The van der Waals surface area contributed by atoms with Crippen LogP contribution in [0.2, 0.25) is 5.15 Å². The van der Waals surface area contributed by atoms with Gasteiger partial charge in [-0.3, -0.25) is 18.6 Å². The highest BCUT2D eigenvalue weighted by Gasteiger charge is 2.30. The van der Waals surface area contributed by atoms with Crippen molar-refractivity contribution in [2.24, 2.45) is 7.05 Å². The maximum Gasteiger partial charge on any atom is 0.262 e. The zero-order valence-electron chi connectivity index (χ0n) is 17.1. The maximum absolute atomic E-state index is 13.2. The van der Waals surface area contributed by atoms with Gasteiger partial charge in [0.1, 0.15) is 11.5 Å². The third-order valence-electron chi connectivity index (χ3n) is 5.96. The molecular formula is C22H23ClN6O2. The molecule has 2 N–H and O–H groups in total. The Morgan fingerprint density at radius 2 is 2.03 bits per heavy atom. The Morgan fingerprint density at radius 1 is 1.23 bits per heavy atom. The standard InChI is InChI=1S/C22H23ClN6O2/c1-27-18(5-8-26-27)15-3-2-4-16(11-15)29-19(23)12-17-20(29)25-14-28(21(17)30)13-22(31)6-9-24-10-7-22/h2-5,8,11-12,14,24,31H,6-7,9-10,13H2,1H3. The summed E-state index contributed by atoms with van der Waals surface area (Å²) >= 11 is 6.55. The first-order valence-corrected chi connectivity index (χ1v) is 10.6. The van der Waals surface area contributed by atoms with E-state index in [2.05, 4.69) is 15.4 Å². The number of benzene rings is 1. The molecule has 0 bridgehead atoms. The summed E-state index contributed by atoms with van der Waals surface area (Å²) in [5.74, 6) is 0. The van der Waals surface area contributed by atoms with Gasteiger partial charge in [0.15, 0.2) is 5.65 Å². The Hall–Kier alpha value is -2.94. The Kier molecular flexibility index (Phi) is 4.92. The SMILES string of the molecule is Cn1nccc1-c1cccc(-n2c(Cl)cc3c(=O)n(CC4(O)CCNCC4)cnc32)c1. The molecule has 4 aromatic rings. The number of aliphatic hydroxyl groups is 1. The molecule has 3 aromatic heterocycles. The minimum Gasteiger partial charge on any atom is -0.388 e. The molecule has 0 radical (unpaired) electrons. The van der Waals surface area contributed by atoms with Crippen molar-refractivity contribution in [1.82, 2.24) is 29.2 Å².